The van der Waals surface area contributed by atoms with Crippen LogP contribution >= 0.6 is 11.3 Å². The molecule has 8 heteroatoms. The molecule has 0 aliphatic heterocycles. The van der Waals surface area contributed by atoms with Crippen LogP contribution in [0.5, 0.6) is 0 Å². The highest BCUT2D eigenvalue weighted by Crippen LogP contribution is 2.36. The van der Waals surface area contributed by atoms with Crippen molar-refractivity contribution < 1.29 is 4.79 Å². The zero-order chi connectivity index (χ0) is 15.5. The van der Waals surface area contributed by atoms with E-state index in [0.717, 1.165) is 26.5 Å². The topological polar surface area (TPSA) is 109 Å². The highest BCUT2D eigenvalue weighted by Gasteiger charge is 2.11. The van der Waals surface area contributed by atoms with Gasteiger partial charge in [-0.3, -0.25) is 9.89 Å². The zero-order valence-corrected chi connectivity index (χ0v) is 12.8. The molecule has 22 heavy (non-hydrogen) atoms. The van der Waals surface area contributed by atoms with Crippen molar-refractivity contribution >= 4 is 39.0 Å². The molecule has 0 fully saturated rings. The van der Waals surface area contributed by atoms with Crippen LogP contribution in [0.1, 0.15) is 6.92 Å². The van der Waals surface area contributed by atoms with E-state index in [1.54, 1.807) is 17.5 Å². The Labute approximate surface area is 130 Å². The maximum absolute atomic E-state index is 10.9. The molecule has 0 saturated carbocycles. The molecular formula is C14H16N6OS. The number of amides is 1. The average molecular weight is 316 g/mol. The Morgan fingerprint density at radius 2 is 2.27 bits per heavy atom. The van der Waals surface area contributed by atoms with Crippen LogP contribution in [-0.4, -0.2) is 34.2 Å². The van der Waals surface area contributed by atoms with E-state index in [1.165, 1.54) is 6.92 Å². The summed E-state index contributed by atoms with van der Waals surface area (Å²) in [6, 6.07) is 5.71. The molecule has 3 aromatic rings. The largest absolute Gasteiger partial charge is 0.384 e. The molecule has 0 aliphatic rings. The third kappa shape index (κ3) is 3.01. The second-order valence-electron chi connectivity index (χ2n) is 4.80. The number of hydrogen-bond acceptors (Lipinski definition) is 6. The summed E-state index contributed by atoms with van der Waals surface area (Å²) in [6.45, 7) is 2.67. The summed E-state index contributed by atoms with van der Waals surface area (Å²) in [5.74, 6) is 0.419. The van der Waals surface area contributed by atoms with Gasteiger partial charge in [-0.05, 0) is 12.1 Å². The second-order valence-corrected chi connectivity index (χ2v) is 5.85. The molecule has 0 aromatic carbocycles. The lowest BCUT2D eigenvalue weighted by Crippen LogP contribution is -2.26. The van der Waals surface area contributed by atoms with Crippen molar-refractivity contribution in [2.45, 2.75) is 6.92 Å². The fourth-order valence-electron chi connectivity index (χ4n) is 2.14. The summed E-state index contributed by atoms with van der Waals surface area (Å²) < 4.78 is 1.03. The first kappa shape index (κ1) is 14.3. The molecule has 7 nitrogen and oxygen atoms in total. The number of aromatic nitrogens is 3. The predicted octanol–water partition coefficient (Wildman–Crippen LogP) is 1.82. The molecule has 3 rings (SSSR count). The lowest BCUT2D eigenvalue weighted by molar-refractivity contribution is -0.118. The number of pyridine rings is 1. The van der Waals surface area contributed by atoms with Gasteiger partial charge in [-0.25, -0.2) is 4.98 Å². The van der Waals surface area contributed by atoms with E-state index < -0.39 is 0 Å². The number of nitrogen functional groups attached to an aromatic ring is 1. The van der Waals surface area contributed by atoms with Crippen molar-refractivity contribution in [2.75, 3.05) is 24.1 Å². The fourth-order valence-corrected chi connectivity index (χ4v) is 3.20. The molecule has 114 valence electrons. The van der Waals surface area contributed by atoms with Crippen LogP contribution in [0, 0.1) is 0 Å². The van der Waals surface area contributed by atoms with E-state index in [4.69, 9.17) is 5.73 Å². The van der Waals surface area contributed by atoms with Gasteiger partial charge in [0.25, 0.3) is 0 Å². The molecule has 1 amide bonds. The Morgan fingerprint density at radius 1 is 1.41 bits per heavy atom. The first-order valence-electron chi connectivity index (χ1n) is 6.81. The highest BCUT2D eigenvalue weighted by molar-refractivity contribution is 7.22. The summed E-state index contributed by atoms with van der Waals surface area (Å²) in [5.41, 5.74) is 8.58. The minimum atomic E-state index is -0.0427. The van der Waals surface area contributed by atoms with Crippen LogP contribution in [-0.2, 0) is 4.79 Å². The SMILES string of the molecule is CC(=O)NCCNc1cc(N)nc2cc(-c3ccn[nH]3)sc12. The van der Waals surface area contributed by atoms with Gasteiger partial charge in [0, 0.05) is 32.3 Å². The first-order valence-corrected chi connectivity index (χ1v) is 7.63. The van der Waals surface area contributed by atoms with Gasteiger partial charge in [0.2, 0.25) is 5.91 Å². The summed E-state index contributed by atoms with van der Waals surface area (Å²) in [7, 11) is 0. The lowest BCUT2D eigenvalue weighted by atomic mass is 10.3. The number of nitrogens with two attached hydrogens (primary N) is 1. The van der Waals surface area contributed by atoms with Gasteiger partial charge in [-0.15, -0.1) is 11.3 Å². The zero-order valence-electron chi connectivity index (χ0n) is 12.0. The number of thiophene rings is 1. The van der Waals surface area contributed by atoms with Gasteiger partial charge in [-0.1, -0.05) is 0 Å². The van der Waals surface area contributed by atoms with Crippen LogP contribution in [0.15, 0.2) is 24.4 Å². The van der Waals surface area contributed by atoms with Crippen LogP contribution in [0.25, 0.3) is 20.8 Å². The van der Waals surface area contributed by atoms with E-state index in [-0.39, 0.29) is 5.91 Å². The molecular weight excluding hydrogens is 300 g/mol. The summed E-state index contributed by atoms with van der Waals surface area (Å²) in [6.07, 6.45) is 1.72. The number of carbonyl (C=O) groups excluding carboxylic acids is 1. The van der Waals surface area contributed by atoms with Gasteiger partial charge in [-0.2, -0.15) is 5.10 Å². The van der Waals surface area contributed by atoms with E-state index in [1.807, 2.05) is 18.2 Å². The predicted molar refractivity (Wildman–Crippen MR) is 88.8 cm³/mol. The molecule has 5 N–H and O–H groups in total. The number of nitrogens with zero attached hydrogens (tertiary/aromatic N) is 2. The third-order valence-electron chi connectivity index (χ3n) is 3.08. The van der Waals surface area contributed by atoms with E-state index in [9.17, 15) is 4.79 Å². The molecule has 0 saturated heterocycles. The maximum Gasteiger partial charge on any atom is 0.216 e. The maximum atomic E-state index is 10.9. The standard InChI is InChI=1S/C14H16N6OS/c1-8(21)16-4-5-17-10-7-13(15)19-11-6-12(22-14(10)11)9-2-3-18-20-9/h2-3,6-7H,4-5H2,1H3,(H,16,21)(H,18,20)(H3,15,17,19). The number of carbonyl (C=O) groups is 1. The number of fused-ring (bicyclic) bond motifs is 1. The molecule has 0 bridgehead atoms. The van der Waals surface area contributed by atoms with E-state index >= 15 is 0 Å². The lowest BCUT2D eigenvalue weighted by Gasteiger charge is -2.08. The Kier molecular flexibility index (Phi) is 3.92. The number of nitrogens with one attached hydrogen (secondary N) is 3. The van der Waals surface area contributed by atoms with Gasteiger partial charge in [0.15, 0.2) is 0 Å². The smallest absolute Gasteiger partial charge is 0.216 e. The van der Waals surface area contributed by atoms with Crippen molar-refractivity contribution in [1.29, 1.82) is 0 Å². The Hall–Kier alpha value is -2.61. The van der Waals surface area contributed by atoms with Crippen molar-refractivity contribution in [3.05, 3.63) is 24.4 Å². The third-order valence-corrected chi connectivity index (χ3v) is 4.27. The Morgan fingerprint density at radius 3 is 3.00 bits per heavy atom. The average Bonchev–Trinajstić information content (AvgIpc) is 3.11. The van der Waals surface area contributed by atoms with Crippen LogP contribution in [0.2, 0.25) is 0 Å². The molecule has 3 heterocycles. The van der Waals surface area contributed by atoms with Gasteiger partial charge in [0.05, 0.1) is 26.5 Å². The Balaban J connectivity index is 1.87. The highest BCUT2D eigenvalue weighted by atomic mass is 32.1. The minimum Gasteiger partial charge on any atom is -0.384 e. The van der Waals surface area contributed by atoms with Crippen molar-refractivity contribution in [2.24, 2.45) is 0 Å². The van der Waals surface area contributed by atoms with E-state index in [2.05, 4.69) is 25.8 Å². The number of anilines is 2. The molecule has 0 atom stereocenters. The molecule has 0 radical (unpaired) electrons. The second kappa shape index (κ2) is 6.02. The normalized spacial score (nSPS) is 10.8. The number of aromatic amines is 1. The minimum absolute atomic E-state index is 0.0427. The molecule has 3 aromatic heterocycles. The van der Waals surface area contributed by atoms with Crippen molar-refractivity contribution in [3.8, 4) is 10.6 Å². The molecule has 0 aliphatic carbocycles. The quantitative estimate of drug-likeness (QED) is 0.537. The van der Waals surface area contributed by atoms with Crippen molar-refractivity contribution in [1.82, 2.24) is 20.5 Å². The van der Waals surface area contributed by atoms with Crippen LogP contribution < -0.4 is 16.4 Å². The Bertz CT molecular complexity index is 795. The summed E-state index contributed by atoms with van der Waals surface area (Å²) >= 11 is 1.62. The van der Waals surface area contributed by atoms with Gasteiger partial charge < -0.3 is 16.4 Å². The number of H-pyrrole nitrogens is 1. The number of rotatable bonds is 5. The first-order chi connectivity index (χ1) is 10.6. The number of hydrogen-bond donors (Lipinski definition) is 4. The monoisotopic (exact) mass is 316 g/mol. The van der Waals surface area contributed by atoms with Gasteiger partial charge >= 0.3 is 0 Å². The molecule has 0 spiro atoms. The van der Waals surface area contributed by atoms with Crippen LogP contribution in [0.3, 0.4) is 0 Å². The fraction of sp³-hybridized carbons (Fsp3) is 0.214. The van der Waals surface area contributed by atoms with Crippen LogP contribution in [0.4, 0.5) is 11.5 Å². The summed E-state index contributed by atoms with van der Waals surface area (Å²) in [5, 5.41) is 13.0. The van der Waals surface area contributed by atoms with E-state index in [0.29, 0.717) is 18.9 Å². The van der Waals surface area contributed by atoms with Crippen molar-refractivity contribution in [3.63, 3.8) is 0 Å². The molecule has 0 unspecified atom stereocenters. The summed E-state index contributed by atoms with van der Waals surface area (Å²) in [4.78, 5) is 16.3. The van der Waals surface area contributed by atoms with Gasteiger partial charge in [0.1, 0.15) is 5.82 Å².